The van der Waals surface area contributed by atoms with Gasteiger partial charge in [-0.25, -0.2) is 0 Å². The Morgan fingerprint density at radius 1 is 1.00 bits per heavy atom. The topological polar surface area (TPSA) is 90.7 Å². The largest absolute Gasteiger partial charge is 0.494 e. The van der Waals surface area contributed by atoms with Crippen molar-refractivity contribution in [3.05, 3.63) is 41.7 Å². The van der Waals surface area contributed by atoms with Gasteiger partial charge in [-0.05, 0) is 103 Å². The number of piperazine rings is 1. The molecule has 0 bridgehead atoms. The molecule has 7 rings (SSSR count). The van der Waals surface area contributed by atoms with Gasteiger partial charge in [-0.3, -0.25) is 9.88 Å². The van der Waals surface area contributed by atoms with E-state index in [1.807, 2.05) is 6.20 Å². The van der Waals surface area contributed by atoms with Crippen LogP contribution in [0.1, 0.15) is 105 Å². The third-order valence-electron chi connectivity index (χ3n) is 12.8. The van der Waals surface area contributed by atoms with E-state index in [9.17, 15) is 5.11 Å². The maximum atomic E-state index is 10.7. The van der Waals surface area contributed by atoms with E-state index in [4.69, 9.17) is 28.5 Å². The summed E-state index contributed by atoms with van der Waals surface area (Å²) in [5.74, 6) is 0. The third-order valence-corrected chi connectivity index (χ3v) is 12.8. The van der Waals surface area contributed by atoms with Crippen LogP contribution in [0, 0.1) is 5.41 Å². The highest BCUT2D eigenvalue weighted by atomic mass is 16.7. The normalized spacial score (nSPS) is 23.7. The average Bonchev–Trinajstić information content (AvgIpc) is 3.90. The van der Waals surface area contributed by atoms with Crippen LogP contribution in [0.5, 0.6) is 0 Å². The summed E-state index contributed by atoms with van der Waals surface area (Å²) in [7, 11) is 1.26. The van der Waals surface area contributed by atoms with Crippen molar-refractivity contribution in [2.75, 3.05) is 58.0 Å². The summed E-state index contributed by atoms with van der Waals surface area (Å²) in [4.78, 5) is 10.3. The molecule has 1 N–H and O–H groups in total. The number of fused-ring (bicyclic) bond motifs is 1. The zero-order valence-corrected chi connectivity index (χ0v) is 34.7. The molecule has 1 aliphatic carbocycles. The predicted octanol–water partition coefficient (Wildman–Crippen LogP) is 6.53. The van der Waals surface area contributed by atoms with Crippen LogP contribution in [0.25, 0.3) is 22.2 Å². The van der Waals surface area contributed by atoms with Crippen molar-refractivity contribution in [1.29, 1.82) is 0 Å². The van der Waals surface area contributed by atoms with Crippen LogP contribution in [0.2, 0.25) is 0 Å². The van der Waals surface area contributed by atoms with Crippen LogP contribution >= 0.6 is 0 Å². The quantitative estimate of drug-likeness (QED) is 0.196. The number of hydrogen-bond donors (Lipinski definition) is 1. The average molecular weight is 745 g/mol. The Balaban J connectivity index is 1.37. The van der Waals surface area contributed by atoms with Gasteiger partial charge in [-0.2, -0.15) is 0 Å². The summed E-state index contributed by atoms with van der Waals surface area (Å²) in [5.41, 5.74) is 6.01. The van der Waals surface area contributed by atoms with Gasteiger partial charge in [-0.15, -0.1) is 0 Å². The van der Waals surface area contributed by atoms with Crippen LogP contribution in [0.15, 0.2) is 30.5 Å². The van der Waals surface area contributed by atoms with Gasteiger partial charge in [0.1, 0.15) is 0 Å². The predicted molar refractivity (Wildman–Crippen MR) is 217 cm³/mol. The molecule has 10 nitrogen and oxygen atoms in total. The molecule has 1 aromatic carbocycles. The lowest BCUT2D eigenvalue weighted by molar-refractivity contribution is -0.116. The minimum Gasteiger partial charge on any atom is -0.399 e. The second-order valence-corrected chi connectivity index (χ2v) is 18.7. The van der Waals surface area contributed by atoms with E-state index >= 15 is 0 Å². The maximum Gasteiger partial charge on any atom is 0.494 e. The van der Waals surface area contributed by atoms with E-state index in [0.717, 1.165) is 84.1 Å². The first-order valence-corrected chi connectivity index (χ1v) is 20.4. The summed E-state index contributed by atoms with van der Waals surface area (Å²) < 4.78 is 34.3. The molecule has 0 unspecified atom stereocenters. The van der Waals surface area contributed by atoms with Crippen LogP contribution in [0.3, 0.4) is 0 Å². The Morgan fingerprint density at radius 3 is 2.33 bits per heavy atom. The molecule has 54 heavy (non-hydrogen) atoms. The van der Waals surface area contributed by atoms with E-state index in [1.54, 1.807) is 7.11 Å². The van der Waals surface area contributed by atoms with E-state index < -0.39 is 18.3 Å². The van der Waals surface area contributed by atoms with Crippen LogP contribution in [-0.2, 0) is 36.5 Å². The molecule has 3 aromatic rings. The maximum absolute atomic E-state index is 10.7. The minimum absolute atomic E-state index is 0.0591. The first kappa shape index (κ1) is 39.7. The fraction of sp³-hybridized carbons (Fsp3) is 0.698. The van der Waals surface area contributed by atoms with Gasteiger partial charge in [0.2, 0.25) is 0 Å². The van der Waals surface area contributed by atoms with Crippen molar-refractivity contribution >= 4 is 29.2 Å². The lowest BCUT2D eigenvalue weighted by Crippen LogP contribution is -2.47. The Bertz CT molecular complexity index is 1780. The van der Waals surface area contributed by atoms with Crippen molar-refractivity contribution in [3.63, 3.8) is 0 Å². The molecule has 3 aliphatic heterocycles. The van der Waals surface area contributed by atoms with Crippen LogP contribution < -0.4 is 10.4 Å². The van der Waals surface area contributed by atoms with Crippen molar-refractivity contribution in [2.45, 2.75) is 136 Å². The number of anilines is 1. The standard InChI is InChI=1S/C43H65BN4O6/c1-29(50-10)38-35(24-32(27-45-38)47-18-16-46(17-19-47)31-12-13-31)39-36(26-40(2,3)28-49)34-23-30(44-53-42(6,7)43(8,9)54-44)11-14-37(34)48(39)20-22-51-33-15-21-52-41(4,5)25-33/h11,14,23-24,27,29,31,33,49H,12-13,15-22,25-26,28H2,1-10H3/t29-,33-/m0/s1. The van der Waals surface area contributed by atoms with Gasteiger partial charge in [0.15, 0.2) is 0 Å². The summed E-state index contributed by atoms with van der Waals surface area (Å²) >= 11 is 0. The van der Waals surface area contributed by atoms with Gasteiger partial charge in [0.25, 0.3) is 0 Å². The first-order chi connectivity index (χ1) is 25.5. The molecule has 11 heteroatoms. The van der Waals surface area contributed by atoms with Crippen molar-refractivity contribution in [1.82, 2.24) is 14.5 Å². The van der Waals surface area contributed by atoms with Gasteiger partial charge < -0.3 is 38.1 Å². The molecule has 0 spiro atoms. The Morgan fingerprint density at radius 2 is 1.70 bits per heavy atom. The number of aromatic nitrogens is 2. The Labute approximate surface area is 324 Å². The number of benzene rings is 1. The SMILES string of the molecule is CO[C@@H](C)c1ncc(N2CCN(C3CC3)CC2)cc1-c1c(CC(C)(C)CO)c2cc(B3OC(C)(C)C(C)(C)O3)ccc2n1CCO[C@H]1CCOC(C)(C)C1. The van der Waals surface area contributed by atoms with E-state index in [2.05, 4.69) is 101 Å². The highest BCUT2D eigenvalue weighted by Gasteiger charge is 2.52. The van der Waals surface area contributed by atoms with Crippen molar-refractivity contribution in [3.8, 4) is 11.3 Å². The van der Waals surface area contributed by atoms with E-state index in [-0.39, 0.29) is 29.8 Å². The zero-order valence-electron chi connectivity index (χ0n) is 34.7. The molecule has 4 fully saturated rings. The second kappa shape index (κ2) is 15.1. The first-order valence-electron chi connectivity index (χ1n) is 20.4. The number of aliphatic hydroxyl groups excluding tert-OH is 1. The summed E-state index contributed by atoms with van der Waals surface area (Å²) in [5, 5.41) is 11.8. The van der Waals surface area contributed by atoms with Crippen LogP contribution in [-0.4, -0.2) is 109 Å². The fourth-order valence-corrected chi connectivity index (χ4v) is 8.50. The number of ether oxygens (including phenoxy) is 3. The van der Waals surface area contributed by atoms with Crippen molar-refractivity contribution in [2.24, 2.45) is 5.41 Å². The molecule has 296 valence electrons. The highest BCUT2D eigenvalue weighted by Crippen LogP contribution is 2.43. The summed E-state index contributed by atoms with van der Waals surface area (Å²) in [6.07, 6.45) is 7.04. The molecule has 0 radical (unpaired) electrons. The summed E-state index contributed by atoms with van der Waals surface area (Å²) in [6, 6.07) is 9.76. The fourth-order valence-electron chi connectivity index (χ4n) is 8.50. The molecule has 4 aliphatic rings. The number of aliphatic hydroxyl groups is 1. The number of methoxy groups -OCH3 is 1. The number of nitrogens with zero attached hydrogens (tertiary/aromatic N) is 4. The van der Waals surface area contributed by atoms with Gasteiger partial charge in [-0.1, -0.05) is 26.0 Å². The molecule has 2 atom stereocenters. The van der Waals surface area contributed by atoms with Crippen molar-refractivity contribution < 1.29 is 28.6 Å². The van der Waals surface area contributed by atoms with Crippen LogP contribution in [0.4, 0.5) is 5.69 Å². The molecule has 0 amide bonds. The second-order valence-electron chi connectivity index (χ2n) is 18.7. The zero-order chi connectivity index (χ0) is 38.6. The van der Waals surface area contributed by atoms with E-state index in [0.29, 0.717) is 26.2 Å². The molecular formula is C43H65BN4O6. The minimum atomic E-state index is -0.492. The third kappa shape index (κ3) is 8.15. The smallest absolute Gasteiger partial charge is 0.399 e. The molecule has 3 saturated heterocycles. The van der Waals surface area contributed by atoms with Gasteiger partial charge >= 0.3 is 7.12 Å². The summed E-state index contributed by atoms with van der Waals surface area (Å²) in [6.45, 7) is 25.2. The lowest BCUT2D eigenvalue weighted by Gasteiger charge is -2.36. The molecular weight excluding hydrogens is 679 g/mol. The van der Waals surface area contributed by atoms with Gasteiger partial charge in [0.05, 0.1) is 58.9 Å². The Kier molecular flexibility index (Phi) is 11.1. The Hall–Kier alpha value is -2.51. The van der Waals surface area contributed by atoms with E-state index in [1.165, 1.54) is 18.4 Å². The number of rotatable bonds is 13. The lowest BCUT2D eigenvalue weighted by atomic mass is 9.77. The molecule has 2 aromatic heterocycles. The number of pyridine rings is 1. The molecule has 1 saturated carbocycles. The van der Waals surface area contributed by atoms with Gasteiger partial charge in [0, 0.05) is 82.0 Å². The molecule has 5 heterocycles. The highest BCUT2D eigenvalue weighted by molar-refractivity contribution is 6.62. The monoisotopic (exact) mass is 744 g/mol. The number of hydrogen-bond acceptors (Lipinski definition) is 9.